The second kappa shape index (κ2) is 6.67. The first-order chi connectivity index (χ1) is 12.1. The van der Waals surface area contributed by atoms with Crippen molar-refractivity contribution >= 4 is 45.9 Å². The van der Waals surface area contributed by atoms with Crippen LogP contribution >= 0.6 is 23.2 Å². The lowest BCUT2D eigenvalue weighted by Gasteiger charge is -2.23. The fraction of sp³-hybridized carbons (Fsp3) is 0.312. The fourth-order valence-corrected chi connectivity index (χ4v) is 3.22. The maximum absolute atomic E-state index is 9.95. The summed E-state index contributed by atoms with van der Waals surface area (Å²) in [4.78, 5) is 12.6. The molecule has 0 bridgehead atoms. The first kappa shape index (κ1) is 16.4. The molecule has 2 N–H and O–H groups in total. The summed E-state index contributed by atoms with van der Waals surface area (Å²) in [5.41, 5.74) is 1.58. The van der Waals surface area contributed by atoms with E-state index in [9.17, 15) is 5.11 Å². The SMILES string of the molecule is Oc1nc(Nc2cccc(Cl)c2Cl)c2ncn(C3CCCCO3)c2n1. The molecule has 2 aromatic heterocycles. The summed E-state index contributed by atoms with van der Waals surface area (Å²) < 4.78 is 7.61. The number of hydrogen-bond acceptors (Lipinski definition) is 6. The molecule has 1 aliphatic rings. The van der Waals surface area contributed by atoms with Crippen molar-refractivity contribution in [3.63, 3.8) is 0 Å². The quantitative estimate of drug-likeness (QED) is 0.706. The van der Waals surface area contributed by atoms with Crippen LogP contribution < -0.4 is 5.32 Å². The molecule has 3 aromatic rings. The van der Waals surface area contributed by atoms with Gasteiger partial charge in [-0.2, -0.15) is 9.97 Å². The van der Waals surface area contributed by atoms with Crippen LogP contribution in [0.25, 0.3) is 11.2 Å². The van der Waals surface area contributed by atoms with Crippen LogP contribution in [0.4, 0.5) is 11.5 Å². The smallest absolute Gasteiger partial charge is 0.318 e. The molecule has 1 atom stereocenters. The van der Waals surface area contributed by atoms with E-state index >= 15 is 0 Å². The van der Waals surface area contributed by atoms with E-state index in [4.69, 9.17) is 27.9 Å². The highest BCUT2D eigenvalue weighted by Gasteiger charge is 2.21. The molecule has 4 rings (SSSR count). The number of rotatable bonds is 3. The second-order valence-electron chi connectivity index (χ2n) is 5.74. The molecule has 1 fully saturated rings. The summed E-state index contributed by atoms with van der Waals surface area (Å²) in [5.74, 6) is 0.348. The molecule has 3 heterocycles. The largest absolute Gasteiger partial charge is 0.479 e. The summed E-state index contributed by atoms with van der Waals surface area (Å²) in [6.45, 7) is 0.699. The van der Waals surface area contributed by atoms with E-state index in [-0.39, 0.29) is 12.2 Å². The predicted molar refractivity (Wildman–Crippen MR) is 95.6 cm³/mol. The zero-order valence-corrected chi connectivity index (χ0v) is 14.6. The van der Waals surface area contributed by atoms with Gasteiger partial charge in [0.05, 0.1) is 22.1 Å². The monoisotopic (exact) mass is 379 g/mol. The third kappa shape index (κ3) is 3.10. The number of fused-ring (bicyclic) bond motifs is 1. The van der Waals surface area contributed by atoms with Gasteiger partial charge in [-0.05, 0) is 31.4 Å². The highest BCUT2D eigenvalue weighted by Crippen LogP contribution is 2.34. The molecule has 1 aromatic carbocycles. The van der Waals surface area contributed by atoms with Gasteiger partial charge in [-0.3, -0.25) is 4.57 Å². The predicted octanol–water partition coefficient (Wildman–Crippen LogP) is 4.28. The second-order valence-corrected chi connectivity index (χ2v) is 6.53. The van der Waals surface area contributed by atoms with E-state index in [0.717, 1.165) is 19.3 Å². The van der Waals surface area contributed by atoms with Gasteiger partial charge in [0.25, 0.3) is 0 Å². The van der Waals surface area contributed by atoms with Crippen molar-refractivity contribution in [1.29, 1.82) is 0 Å². The van der Waals surface area contributed by atoms with Crippen LogP contribution in [0.1, 0.15) is 25.5 Å². The molecule has 0 saturated carbocycles. The van der Waals surface area contributed by atoms with Gasteiger partial charge in [0, 0.05) is 6.61 Å². The van der Waals surface area contributed by atoms with Crippen LogP contribution in [-0.4, -0.2) is 31.2 Å². The molecular formula is C16H15Cl2N5O2. The topological polar surface area (TPSA) is 85.1 Å². The lowest BCUT2D eigenvalue weighted by atomic mass is 10.2. The Hall–Kier alpha value is -2.09. The number of benzene rings is 1. The zero-order chi connectivity index (χ0) is 17.4. The van der Waals surface area contributed by atoms with E-state index in [0.29, 0.717) is 39.3 Å². The molecule has 1 saturated heterocycles. The van der Waals surface area contributed by atoms with E-state index < -0.39 is 0 Å². The van der Waals surface area contributed by atoms with Crippen molar-refractivity contribution in [3.05, 3.63) is 34.6 Å². The van der Waals surface area contributed by atoms with Crippen molar-refractivity contribution < 1.29 is 9.84 Å². The normalized spacial score (nSPS) is 17.8. The summed E-state index contributed by atoms with van der Waals surface area (Å²) in [7, 11) is 0. The van der Waals surface area contributed by atoms with Crippen LogP contribution in [-0.2, 0) is 4.74 Å². The molecule has 1 aliphatic heterocycles. The maximum Gasteiger partial charge on any atom is 0.318 e. The standard InChI is InChI=1S/C16H15Cl2N5O2/c17-9-4-3-5-10(12(9)18)20-14-13-15(22-16(24)21-14)23(8-19-13)11-6-1-2-7-25-11/h3-5,8,11H,1-2,6-7H2,(H2,20,21,22,24). The minimum absolute atomic E-state index is 0.143. The van der Waals surface area contributed by atoms with Gasteiger partial charge < -0.3 is 15.2 Å². The van der Waals surface area contributed by atoms with Gasteiger partial charge >= 0.3 is 6.01 Å². The zero-order valence-electron chi connectivity index (χ0n) is 13.1. The fourth-order valence-electron chi connectivity index (χ4n) is 2.87. The summed E-state index contributed by atoms with van der Waals surface area (Å²) in [5, 5.41) is 13.8. The summed E-state index contributed by atoms with van der Waals surface area (Å²) in [6, 6.07) is 4.87. The molecular weight excluding hydrogens is 365 g/mol. The number of halogens is 2. The molecule has 130 valence electrons. The average molecular weight is 380 g/mol. The Morgan fingerprint density at radius 3 is 2.92 bits per heavy atom. The third-order valence-electron chi connectivity index (χ3n) is 4.08. The van der Waals surface area contributed by atoms with Gasteiger partial charge in [-0.1, -0.05) is 29.3 Å². The van der Waals surface area contributed by atoms with Gasteiger partial charge in [0.1, 0.15) is 6.23 Å². The number of ether oxygens (including phenoxy) is 1. The Bertz CT molecular complexity index is 924. The van der Waals surface area contributed by atoms with Crippen LogP contribution in [0.5, 0.6) is 6.01 Å². The highest BCUT2D eigenvalue weighted by atomic mass is 35.5. The van der Waals surface area contributed by atoms with Crippen molar-refractivity contribution in [2.75, 3.05) is 11.9 Å². The Morgan fingerprint density at radius 2 is 2.12 bits per heavy atom. The highest BCUT2D eigenvalue weighted by molar-refractivity contribution is 6.43. The van der Waals surface area contributed by atoms with Gasteiger partial charge in [-0.25, -0.2) is 4.98 Å². The van der Waals surface area contributed by atoms with E-state index in [1.165, 1.54) is 0 Å². The Balaban J connectivity index is 1.77. The number of aromatic nitrogens is 4. The van der Waals surface area contributed by atoms with E-state index in [2.05, 4.69) is 20.3 Å². The first-order valence-electron chi connectivity index (χ1n) is 7.89. The molecule has 0 spiro atoms. The number of aromatic hydroxyl groups is 1. The third-order valence-corrected chi connectivity index (χ3v) is 4.90. The molecule has 0 aliphatic carbocycles. The molecule has 1 unspecified atom stereocenters. The molecule has 0 radical (unpaired) electrons. The van der Waals surface area contributed by atoms with Crippen LogP contribution in [0.15, 0.2) is 24.5 Å². The van der Waals surface area contributed by atoms with Crippen molar-refractivity contribution in [2.24, 2.45) is 0 Å². The van der Waals surface area contributed by atoms with Crippen molar-refractivity contribution in [1.82, 2.24) is 19.5 Å². The van der Waals surface area contributed by atoms with Crippen LogP contribution in [0.2, 0.25) is 10.0 Å². The van der Waals surface area contributed by atoms with Gasteiger partial charge in [0.2, 0.25) is 0 Å². The lowest BCUT2D eigenvalue weighted by Crippen LogP contribution is -2.17. The van der Waals surface area contributed by atoms with Crippen molar-refractivity contribution in [2.45, 2.75) is 25.5 Å². The number of nitrogens with zero attached hydrogens (tertiary/aromatic N) is 4. The summed E-state index contributed by atoms with van der Waals surface area (Å²) >= 11 is 12.3. The summed E-state index contributed by atoms with van der Waals surface area (Å²) in [6.07, 6.45) is 4.50. The Labute approximate surface area is 153 Å². The lowest BCUT2D eigenvalue weighted by molar-refractivity contribution is -0.0298. The number of imidazole rings is 1. The number of anilines is 2. The van der Waals surface area contributed by atoms with Gasteiger partial charge in [-0.15, -0.1) is 0 Å². The van der Waals surface area contributed by atoms with E-state index in [1.54, 1.807) is 24.5 Å². The molecule has 25 heavy (non-hydrogen) atoms. The van der Waals surface area contributed by atoms with E-state index in [1.807, 2.05) is 4.57 Å². The van der Waals surface area contributed by atoms with Crippen molar-refractivity contribution in [3.8, 4) is 6.01 Å². The molecule has 7 nitrogen and oxygen atoms in total. The Kier molecular flexibility index (Phi) is 4.37. The molecule has 0 amide bonds. The first-order valence-corrected chi connectivity index (χ1v) is 8.65. The number of hydrogen-bond donors (Lipinski definition) is 2. The van der Waals surface area contributed by atoms with Gasteiger partial charge in [0.15, 0.2) is 17.0 Å². The Morgan fingerprint density at radius 1 is 1.24 bits per heavy atom. The number of nitrogens with one attached hydrogen (secondary N) is 1. The van der Waals surface area contributed by atoms with Crippen LogP contribution in [0, 0.1) is 0 Å². The maximum atomic E-state index is 9.95. The van der Waals surface area contributed by atoms with Crippen LogP contribution in [0.3, 0.4) is 0 Å². The minimum Gasteiger partial charge on any atom is -0.479 e. The molecule has 9 heteroatoms. The average Bonchev–Trinajstić information content (AvgIpc) is 3.03. The minimum atomic E-state index is -0.356.